The highest BCUT2D eigenvalue weighted by Crippen LogP contribution is 2.24. The molecule has 2 rings (SSSR count). The van der Waals surface area contributed by atoms with E-state index in [1.165, 1.54) is 13.1 Å². The molecule has 1 aromatic carbocycles. The number of nitrogens with one attached hydrogen (secondary N) is 3. The number of hydrogen-bond donors (Lipinski definition) is 3. The number of carbonyl (C=O) groups is 2. The Balaban J connectivity index is 1.99. The van der Waals surface area contributed by atoms with Crippen molar-refractivity contribution in [1.82, 2.24) is 20.9 Å². The second kappa shape index (κ2) is 8.95. The minimum atomic E-state index is -0.595. The van der Waals surface area contributed by atoms with Crippen LogP contribution in [0.15, 0.2) is 18.2 Å². The SMILES string of the molecule is CNC(=O)NC(=O)[C@@H](C)N[C@H](C)c1ccc(N2CCN(C)CC2)c(F)c1. The first kappa shape index (κ1) is 20.1. The molecule has 1 aromatic rings. The number of rotatable bonds is 5. The lowest BCUT2D eigenvalue weighted by Crippen LogP contribution is -2.47. The van der Waals surface area contributed by atoms with E-state index in [0.717, 1.165) is 31.7 Å². The largest absolute Gasteiger partial charge is 0.367 e. The third-order valence-corrected chi connectivity index (χ3v) is 4.67. The molecule has 0 saturated carbocycles. The molecule has 0 bridgehead atoms. The van der Waals surface area contributed by atoms with Crippen LogP contribution in [0.2, 0.25) is 0 Å². The lowest BCUT2D eigenvalue weighted by molar-refractivity contribution is -0.121. The molecule has 0 unspecified atom stereocenters. The van der Waals surface area contributed by atoms with Crippen molar-refractivity contribution in [2.45, 2.75) is 25.9 Å². The van der Waals surface area contributed by atoms with E-state index >= 15 is 0 Å². The van der Waals surface area contributed by atoms with Gasteiger partial charge in [0, 0.05) is 39.3 Å². The predicted octanol–water partition coefficient (Wildman–Crippen LogP) is 1.07. The van der Waals surface area contributed by atoms with E-state index in [1.54, 1.807) is 13.0 Å². The summed E-state index contributed by atoms with van der Waals surface area (Å²) in [5, 5.41) is 7.62. The molecule has 8 heteroatoms. The van der Waals surface area contributed by atoms with E-state index in [-0.39, 0.29) is 11.9 Å². The number of halogens is 1. The Morgan fingerprint density at radius 1 is 1.15 bits per heavy atom. The highest BCUT2D eigenvalue weighted by molar-refractivity contribution is 5.96. The molecule has 1 fully saturated rings. The van der Waals surface area contributed by atoms with Crippen molar-refractivity contribution in [2.24, 2.45) is 0 Å². The number of hydrogen-bond acceptors (Lipinski definition) is 5. The van der Waals surface area contributed by atoms with Crippen LogP contribution in [0.4, 0.5) is 14.9 Å². The van der Waals surface area contributed by atoms with Crippen LogP contribution in [0.5, 0.6) is 0 Å². The summed E-state index contributed by atoms with van der Waals surface area (Å²) in [6.07, 6.45) is 0. The fourth-order valence-electron chi connectivity index (χ4n) is 2.93. The Hall–Kier alpha value is -2.19. The summed E-state index contributed by atoms with van der Waals surface area (Å²) in [6, 6.07) is 3.79. The fourth-order valence-corrected chi connectivity index (χ4v) is 2.93. The molecule has 0 aromatic heterocycles. The average molecular weight is 365 g/mol. The third-order valence-electron chi connectivity index (χ3n) is 4.67. The van der Waals surface area contributed by atoms with Crippen LogP contribution < -0.4 is 20.9 Å². The molecule has 1 saturated heterocycles. The molecule has 1 aliphatic rings. The first-order valence-electron chi connectivity index (χ1n) is 8.83. The van der Waals surface area contributed by atoms with Crippen LogP contribution in [-0.2, 0) is 4.79 Å². The van der Waals surface area contributed by atoms with Crippen LogP contribution >= 0.6 is 0 Å². The van der Waals surface area contributed by atoms with Crippen LogP contribution in [0, 0.1) is 5.82 Å². The van der Waals surface area contributed by atoms with Crippen molar-refractivity contribution < 1.29 is 14.0 Å². The van der Waals surface area contributed by atoms with E-state index in [0.29, 0.717) is 5.69 Å². The van der Waals surface area contributed by atoms with Gasteiger partial charge in [-0.25, -0.2) is 9.18 Å². The Morgan fingerprint density at radius 2 is 1.81 bits per heavy atom. The van der Waals surface area contributed by atoms with Gasteiger partial charge in [-0.1, -0.05) is 6.07 Å². The maximum Gasteiger partial charge on any atom is 0.321 e. The molecule has 0 radical (unpaired) electrons. The Morgan fingerprint density at radius 3 is 2.38 bits per heavy atom. The van der Waals surface area contributed by atoms with Crippen molar-refractivity contribution >= 4 is 17.6 Å². The summed E-state index contributed by atoms with van der Waals surface area (Å²) in [4.78, 5) is 27.4. The zero-order valence-electron chi connectivity index (χ0n) is 15.8. The Bertz CT molecular complexity index is 646. The second-order valence-corrected chi connectivity index (χ2v) is 6.68. The fraction of sp³-hybridized carbons (Fsp3) is 0.556. The van der Waals surface area contributed by atoms with Crippen molar-refractivity contribution in [3.8, 4) is 0 Å². The van der Waals surface area contributed by atoms with Gasteiger partial charge in [-0.15, -0.1) is 0 Å². The molecule has 2 atom stereocenters. The lowest BCUT2D eigenvalue weighted by Gasteiger charge is -2.34. The topological polar surface area (TPSA) is 76.7 Å². The van der Waals surface area contributed by atoms with Gasteiger partial charge in [-0.2, -0.15) is 0 Å². The average Bonchev–Trinajstić information content (AvgIpc) is 2.62. The third kappa shape index (κ3) is 5.15. The summed E-state index contributed by atoms with van der Waals surface area (Å²) in [5.41, 5.74) is 1.36. The van der Waals surface area contributed by atoms with Crippen molar-refractivity contribution in [1.29, 1.82) is 0 Å². The van der Waals surface area contributed by atoms with Crippen LogP contribution in [0.3, 0.4) is 0 Å². The first-order valence-corrected chi connectivity index (χ1v) is 8.83. The van der Waals surface area contributed by atoms with Gasteiger partial charge in [0.2, 0.25) is 5.91 Å². The van der Waals surface area contributed by atoms with Gasteiger partial charge in [-0.05, 0) is 38.6 Å². The van der Waals surface area contributed by atoms with Gasteiger partial charge in [0.1, 0.15) is 5.82 Å². The smallest absolute Gasteiger partial charge is 0.321 e. The normalized spacial score (nSPS) is 17.5. The molecule has 3 amide bonds. The predicted molar refractivity (Wildman–Crippen MR) is 99.7 cm³/mol. The highest BCUT2D eigenvalue weighted by atomic mass is 19.1. The number of imide groups is 1. The summed E-state index contributed by atoms with van der Waals surface area (Å²) >= 11 is 0. The number of urea groups is 1. The highest BCUT2D eigenvalue weighted by Gasteiger charge is 2.21. The minimum Gasteiger partial charge on any atom is -0.367 e. The molecule has 0 spiro atoms. The molecular weight excluding hydrogens is 337 g/mol. The standard InChI is InChI=1S/C18H28FN5O2/c1-12(21-13(2)17(25)22-18(26)20-3)14-5-6-16(15(19)11-14)24-9-7-23(4)8-10-24/h5-6,11-13,21H,7-10H2,1-4H3,(H2,20,22,25,26)/t12-,13-/m1/s1. The Labute approximate surface area is 153 Å². The molecule has 7 nitrogen and oxygen atoms in total. The molecule has 3 N–H and O–H groups in total. The molecule has 144 valence electrons. The van der Waals surface area contributed by atoms with E-state index in [2.05, 4.69) is 32.8 Å². The molecule has 0 aliphatic carbocycles. The quantitative estimate of drug-likeness (QED) is 0.728. The van der Waals surface area contributed by atoms with Crippen molar-refractivity contribution in [3.05, 3.63) is 29.6 Å². The van der Waals surface area contributed by atoms with Gasteiger partial charge >= 0.3 is 6.03 Å². The molecule has 1 heterocycles. The van der Waals surface area contributed by atoms with Gasteiger partial charge in [0.25, 0.3) is 0 Å². The Kier molecular flexibility index (Phi) is 6.93. The molecule has 1 aliphatic heterocycles. The van der Waals surface area contributed by atoms with Crippen LogP contribution in [0.25, 0.3) is 0 Å². The number of benzene rings is 1. The summed E-state index contributed by atoms with van der Waals surface area (Å²) in [7, 11) is 3.50. The molecular formula is C18H28FN5O2. The van der Waals surface area contributed by atoms with E-state index < -0.39 is 18.0 Å². The van der Waals surface area contributed by atoms with Gasteiger partial charge in [-0.3, -0.25) is 15.4 Å². The van der Waals surface area contributed by atoms with Gasteiger partial charge < -0.3 is 15.1 Å². The van der Waals surface area contributed by atoms with E-state index in [4.69, 9.17) is 0 Å². The zero-order valence-corrected chi connectivity index (χ0v) is 15.8. The number of nitrogens with zero attached hydrogens (tertiary/aromatic N) is 2. The number of likely N-dealkylation sites (N-methyl/N-ethyl adjacent to an activating group) is 1. The summed E-state index contributed by atoms with van der Waals surface area (Å²) < 4.78 is 14.6. The van der Waals surface area contributed by atoms with Crippen LogP contribution in [-0.4, -0.2) is 63.2 Å². The lowest BCUT2D eigenvalue weighted by atomic mass is 10.1. The van der Waals surface area contributed by atoms with Crippen molar-refractivity contribution in [3.63, 3.8) is 0 Å². The van der Waals surface area contributed by atoms with Gasteiger partial charge in [0.05, 0.1) is 11.7 Å². The van der Waals surface area contributed by atoms with Crippen molar-refractivity contribution in [2.75, 3.05) is 45.2 Å². The maximum absolute atomic E-state index is 14.6. The summed E-state index contributed by atoms with van der Waals surface area (Å²) in [5.74, 6) is -0.700. The second-order valence-electron chi connectivity index (χ2n) is 6.68. The molecule has 26 heavy (non-hydrogen) atoms. The first-order chi connectivity index (χ1) is 12.3. The van der Waals surface area contributed by atoms with E-state index in [9.17, 15) is 14.0 Å². The minimum absolute atomic E-state index is 0.239. The number of amides is 3. The monoisotopic (exact) mass is 365 g/mol. The van der Waals surface area contributed by atoms with Crippen LogP contribution in [0.1, 0.15) is 25.5 Å². The van der Waals surface area contributed by atoms with Gasteiger partial charge in [0.15, 0.2) is 0 Å². The summed E-state index contributed by atoms with van der Waals surface area (Å²) in [6.45, 7) is 6.94. The van der Waals surface area contributed by atoms with E-state index in [1.807, 2.05) is 13.0 Å². The number of anilines is 1. The number of piperazine rings is 1. The zero-order chi connectivity index (χ0) is 19.3. The number of carbonyl (C=O) groups excluding carboxylic acids is 2. The maximum atomic E-state index is 14.6.